The van der Waals surface area contributed by atoms with E-state index in [-0.39, 0.29) is 12.4 Å². The molecule has 0 spiro atoms. The number of ketones is 1. The standard InChI is InChI=1S/C24H19I2NO6/c1-3-32-24(31)18-11(2)27-21-13-6-4-5-7-14(13)22(30)20(21)19(18)12-8-15(25)23(16(26)9-12)33-10-17(28)29/h4-9,19,27H,3,10H2,1-2H3,(H,28,29)/t19-/m1/s1. The lowest BCUT2D eigenvalue weighted by atomic mass is 9.80. The van der Waals surface area contributed by atoms with Crippen molar-refractivity contribution in [1.82, 2.24) is 5.32 Å². The van der Waals surface area contributed by atoms with Gasteiger partial charge in [-0.2, -0.15) is 0 Å². The van der Waals surface area contributed by atoms with E-state index in [4.69, 9.17) is 14.6 Å². The fraction of sp³-hybridized carbons (Fsp3) is 0.208. The molecule has 1 aliphatic heterocycles. The van der Waals surface area contributed by atoms with Crippen LogP contribution in [0.15, 0.2) is 53.2 Å². The lowest BCUT2D eigenvalue weighted by Gasteiger charge is -2.29. The third-order valence-corrected chi connectivity index (χ3v) is 7.04. The fourth-order valence-electron chi connectivity index (χ4n) is 4.16. The Kier molecular flexibility index (Phi) is 6.80. The predicted octanol–water partition coefficient (Wildman–Crippen LogP) is 4.49. The van der Waals surface area contributed by atoms with E-state index < -0.39 is 24.5 Å². The maximum absolute atomic E-state index is 13.5. The highest BCUT2D eigenvalue weighted by Crippen LogP contribution is 2.47. The summed E-state index contributed by atoms with van der Waals surface area (Å²) in [5.41, 5.74) is 4.31. The number of Topliss-reactive ketones (excluding diaryl/α,β-unsaturated/α-hetero) is 1. The summed E-state index contributed by atoms with van der Waals surface area (Å²) in [6, 6.07) is 11.0. The average Bonchev–Trinajstić information content (AvgIpc) is 3.04. The zero-order valence-corrected chi connectivity index (χ0v) is 22.0. The van der Waals surface area contributed by atoms with Crippen LogP contribution in [0.1, 0.15) is 41.3 Å². The number of rotatable bonds is 6. The van der Waals surface area contributed by atoms with Crippen LogP contribution < -0.4 is 10.1 Å². The molecule has 1 heterocycles. The van der Waals surface area contributed by atoms with Gasteiger partial charge in [0.2, 0.25) is 0 Å². The first-order chi connectivity index (χ1) is 15.7. The molecule has 0 unspecified atom stereocenters. The number of hydrogen-bond acceptors (Lipinski definition) is 6. The number of benzene rings is 2. The van der Waals surface area contributed by atoms with Crippen molar-refractivity contribution in [3.05, 3.63) is 77.1 Å². The van der Waals surface area contributed by atoms with Crippen LogP contribution in [0.25, 0.3) is 5.70 Å². The molecule has 2 aliphatic rings. The maximum atomic E-state index is 13.5. The van der Waals surface area contributed by atoms with E-state index in [1.165, 1.54) is 0 Å². The number of carboxylic acids is 1. The first-order valence-electron chi connectivity index (χ1n) is 10.1. The van der Waals surface area contributed by atoms with Crippen LogP contribution in [0.3, 0.4) is 0 Å². The SMILES string of the molecule is CCOC(=O)C1=C(C)NC2=C(C(=O)c3ccccc32)[C@@H]1c1cc(I)c(OCC(=O)O)c(I)c1. The van der Waals surface area contributed by atoms with Crippen LogP contribution in [-0.2, 0) is 14.3 Å². The van der Waals surface area contributed by atoms with Crippen molar-refractivity contribution >= 4 is 68.6 Å². The Morgan fingerprint density at radius 1 is 1.12 bits per heavy atom. The number of hydrogen-bond donors (Lipinski definition) is 2. The van der Waals surface area contributed by atoms with Gasteiger partial charge in [-0.05, 0) is 76.7 Å². The maximum Gasteiger partial charge on any atom is 0.341 e. The van der Waals surface area contributed by atoms with Crippen molar-refractivity contribution in [2.75, 3.05) is 13.2 Å². The van der Waals surface area contributed by atoms with Crippen molar-refractivity contribution < 1.29 is 29.0 Å². The zero-order valence-electron chi connectivity index (χ0n) is 17.7. The molecule has 0 radical (unpaired) electrons. The van der Waals surface area contributed by atoms with Crippen LogP contribution >= 0.6 is 45.2 Å². The third-order valence-electron chi connectivity index (χ3n) is 5.44. The summed E-state index contributed by atoms with van der Waals surface area (Å²) >= 11 is 4.15. The monoisotopic (exact) mass is 671 g/mol. The van der Waals surface area contributed by atoms with Crippen molar-refractivity contribution in [1.29, 1.82) is 0 Å². The minimum absolute atomic E-state index is 0.136. The second kappa shape index (κ2) is 9.45. The Hall–Kier alpha value is -2.41. The van der Waals surface area contributed by atoms with Crippen LogP contribution in [0.4, 0.5) is 0 Å². The van der Waals surface area contributed by atoms with E-state index in [1.807, 2.05) is 30.3 Å². The Bertz CT molecular complexity index is 1240. The lowest BCUT2D eigenvalue weighted by molar-refractivity contribution is -0.140. The van der Waals surface area contributed by atoms with E-state index in [0.717, 1.165) is 11.1 Å². The Morgan fingerprint density at radius 2 is 1.76 bits per heavy atom. The molecule has 4 rings (SSSR count). The lowest BCUT2D eigenvalue weighted by Crippen LogP contribution is -2.29. The highest BCUT2D eigenvalue weighted by molar-refractivity contribution is 14.1. The van der Waals surface area contributed by atoms with Gasteiger partial charge in [0.15, 0.2) is 12.4 Å². The van der Waals surface area contributed by atoms with Crippen molar-refractivity contribution in [3.8, 4) is 5.75 Å². The molecule has 2 aromatic rings. The van der Waals surface area contributed by atoms with Gasteiger partial charge in [0.1, 0.15) is 5.75 Å². The van der Waals surface area contributed by atoms with Gasteiger partial charge in [0.05, 0.1) is 25.0 Å². The first kappa shape index (κ1) is 23.7. The van der Waals surface area contributed by atoms with Gasteiger partial charge in [-0.25, -0.2) is 9.59 Å². The number of carboxylic acid groups (broad SMARTS) is 1. The molecule has 0 saturated carbocycles. The number of esters is 1. The molecule has 9 heteroatoms. The largest absolute Gasteiger partial charge is 0.480 e. The van der Waals surface area contributed by atoms with Crippen molar-refractivity contribution in [2.45, 2.75) is 19.8 Å². The Morgan fingerprint density at radius 3 is 2.36 bits per heavy atom. The molecular weight excluding hydrogens is 652 g/mol. The molecule has 2 aromatic carbocycles. The van der Waals surface area contributed by atoms with Gasteiger partial charge in [0.25, 0.3) is 0 Å². The van der Waals surface area contributed by atoms with Crippen molar-refractivity contribution in [2.24, 2.45) is 0 Å². The van der Waals surface area contributed by atoms with Crippen molar-refractivity contribution in [3.63, 3.8) is 0 Å². The molecule has 0 bridgehead atoms. The van der Waals surface area contributed by atoms with Gasteiger partial charge in [-0.3, -0.25) is 4.79 Å². The Balaban J connectivity index is 1.89. The average molecular weight is 671 g/mol. The molecule has 0 saturated heterocycles. The number of allylic oxidation sites excluding steroid dienone is 2. The van der Waals surface area contributed by atoms with Crippen LogP contribution in [0, 0.1) is 7.14 Å². The zero-order chi connectivity index (χ0) is 23.9. The number of nitrogens with one attached hydrogen (secondary N) is 1. The minimum atomic E-state index is -1.07. The molecule has 1 atom stereocenters. The van der Waals surface area contributed by atoms with Gasteiger partial charge in [-0.1, -0.05) is 24.3 Å². The van der Waals surface area contributed by atoms with E-state index in [9.17, 15) is 14.4 Å². The number of halogens is 2. The third kappa shape index (κ3) is 4.27. The molecule has 7 nitrogen and oxygen atoms in total. The summed E-state index contributed by atoms with van der Waals surface area (Å²) in [6.45, 7) is 3.28. The quantitative estimate of drug-likeness (QED) is 0.345. The fourth-order valence-corrected chi connectivity index (χ4v) is 6.29. The van der Waals surface area contributed by atoms with Gasteiger partial charge < -0.3 is 19.9 Å². The summed E-state index contributed by atoms with van der Waals surface area (Å²) in [7, 11) is 0. The first-order valence-corrected chi connectivity index (χ1v) is 12.3. The van der Waals surface area contributed by atoms with Gasteiger partial charge in [-0.15, -0.1) is 0 Å². The molecular formula is C24H19I2NO6. The van der Waals surface area contributed by atoms with E-state index in [0.29, 0.717) is 41.0 Å². The summed E-state index contributed by atoms with van der Waals surface area (Å²) in [4.78, 5) is 37.5. The molecule has 1 aliphatic carbocycles. The smallest absolute Gasteiger partial charge is 0.341 e. The van der Waals surface area contributed by atoms with E-state index in [1.54, 1.807) is 19.9 Å². The number of aliphatic carboxylic acids is 1. The molecule has 33 heavy (non-hydrogen) atoms. The second-order valence-corrected chi connectivity index (χ2v) is 9.80. The normalized spacial score (nSPS) is 16.8. The number of carbonyl (C=O) groups is 3. The molecule has 0 amide bonds. The number of ether oxygens (including phenoxy) is 2. The number of carbonyl (C=O) groups excluding carboxylic acids is 2. The summed E-state index contributed by atoms with van der Waals surface area (Å²) < 4.78 is 12.2. The molecule has 2 N–H and O–H groups in total. The molecule has 0 aromatic heterocycles. The summed E-state index contributed by atoms with van der Waals surface area (Å²) in [5.74, 6) is -1.89. The van der Waals surface area contributed by atoms with Crippen LogP contribution in [0.2, 0.25) is 0 Å². The van der Waals surface area contributed by atoms with Gasteiger partial charge >= 0.3 is 11.9 Å². The highest BCUT2D eigenvalue weighted by Gasteiger charge is 2.43. The Labute approximate surface area is 217 Å². The predicted molar refractivity (Wildman–Crippen MR) is 138 cm³/mol. The number of fused-ring (bicyclic) bond motifs is 2. The van der Waals surface area contributed by atoms with Gasteiger partial charge in [0, 0.05) is 28.3 Å². The van der Waals surface area contributed by atoms with Crippen LogP contribution in [0.5, 0.6) is 5.75 Å². The van der Waals surface area contributed by atoms with E-state index >= 15 is 0 Å². The molecule has 0 fully saturated rings. The minimum Gasteiger partial charge on any atom is -0.480 e. The summed E-state index contributed by atoms with van der Waals surface area (Å²) in [6.07, 6.45) is 0. The second-order valence-electron chi connectivity index (χ2n) is 7.48. The van der Waals surface area contributed by atoms with Crippen LogP contribution in [-0.4, -0.2) is 36.0 Å². The summed E-state index contributed by atoms with van der Waals surface area (Å²) in [5, 5.41) is 12.2. The number of dihydropyridines is 1. The molecule has 170 valence electrons. The van der Waals surface area contributed by atoms with E-state index in [2.05, 4.69) is 50.5 Å². The highest BCUT2D eigenvalue weighted by atomic mass is 127. The topological polar surface area (TPSA) is 102 Å².